The standard InChI is InChI=1S/C19H23N3O4S/c23-12-13-4-1-2-10-22(13)11-9-20-27(25,26)17-8-7-16-18-14(17)5-3-6-15(18)19(24)21-16/h3,5-8,13,20,23H,1-2,4,9-12H2,(H,21,24)/t13-/m0/s1. The Kier molecular flexibility index (Phi) is 4.90. The number of rotatable bonds is 6. The van der Waals surface area contributed by atoms with E-state index in [1.54, 1.807) is 24.3 Å². The molecular formula is C19H23N3O4S. The molecule has 2 aliphatic rings. The summed E-state index contributed by atoms with van der Waals surface area (Å²) in [6.45, 7) is 1.81. The third-order valence-corrected chi connectivity index (χ3v) is 6.95. The number of benzene rings is 2. The lowest BCUT2D eigenvalue weighted by Gasteiger charge is -2.34. The molecule has 27 heavy (non-hydrogen) atoms. The molecule has 0 bridgehead atoms. The monoisotopic (exact) mass is 389 g/mol. The van der Waals surface area contributed by atoms with E-state index in [-0.39, 0.29) is 30.0 Å². The van der Waals surface area contributed by atoms with Gasteiger partial charge < -0.3 is 10.4 Å². The molecule has 7 nitrogen and oxygen atoms in total. The fourth-order valence-electron chi connectivity index (χ4n) is 4.06. The van der Waals surface area contributed by atoms with Crippen molar-refractivity contribution in [3.8, 4) is 0 Å². The molecule has 0 radical (unpaired) electrons. The molecule has 1 amide bonds. The summed E-state index contributed by atoms with van der Waals surface area (Å²) in [5, 5.41) is 13.4. The summed E-state index contributed by atoms with van der Waals surface area (Å²) in [5.41, 5.74) is 1.14. The van der Waals surface area contributed by atoms with Crippen LogP contribution in [0.25, 0.3) is 10.8 Å². The molecule has 2 heterocycles. The predicted molar refractivity (Wildman–Crippen MR) is 103 cm³/mol. The van der Waals surface area contributed by atoms with E-state index in [2.05, 4.69) is 14.9 Å². The Morgan fingerprint density at radius 2 is 2.07 bits per heavy atom. The van der Waals surface area contributed by atoms with Crippen molar-refractivity contribution >= 4 is 32.4 Å². The van der Waals surface area contributed by atoms with Crippen LogP contribution in [-0.4, -0.2) is 56.6 Å². The lowest BCUT2D eigenvalue weighted by molar-refractivity contribution is 0.0923. The second kappa shape index (κ2) is 7.20. The first-order valence-electron chi connectivity index (χ1n) is 9.23. The van der Waals surface area contributed by atoms with Gasteiger partial charge in [0.1, 0.15) is 0 Å². The SMILES string of the molecule is O=C1Nc2ccc(S(=O)(=O)NCCN3CCCC[C@H]3CO)c3cccc1c23. The summed E-state index contributed by atoms with van der Waals surface area (Å²) in [6.07, 6.45) is 3.11. The maximum atomic E-state index is 12.9. The largest absolute Gasteiger partial charge is 0.395 e. The highest BCUT2D eigenvalue weighted by atomic mass is 32.2. The zero-order valence-corrected chi connectivity index (χ0v) is 15.8. The maximum absolute atomic E-state index is 12.9. The fourth-order valence-corrected chi connectivity index (χ4v) is 5.28. The van der Waals surface area contributed by atoms with Gasteiger partial charge in [0.2, 0.25) is 10.0 Å². The molecule has 0 saturated carbocycles. The number of amides is 1. The number of aliphatic hydroxyl groups excluding tert-OH is 1. The van der Waals surface area contributed by atoms with Crippen LogP contribution in [0.15, 0.2) is 35.2 Å². The van der Waals surface area contributed by atoms with Crippen molar-refractivity contribution in [3.05, 3.63) is 35.9 Å². The van der Waals surface area contributed by atoms with Crippen LogP contribution in [0.1, 0.15) is 29.6 Å². The number of carbonyl (C=O) groups excluding carboxylic acids is 1. The van der Waals surface area contributed by atoms with Crippen LogP contribution in [-0.2, 0) is 10.0 Å². The van der Waals surface area contributed by atoms with Crippen LogP contribution in [0.2, 0.25) is 0 Å². The van der Waals surface area contributed by atoms with Gasteiger partial charge in [0, 0.05) is 41.2 Å². The van der Waals surface area contributed by atoms with Crippen molar-refractivity contribution in [3.63, 3.8) is 0 Å². The van der Waals surface area contributed by atoms with Gasteiger partial charge in [-0.1, -0.05) is 18.6 Å². The van der Waals surface area contributed by atoms with E-state index in [1.807, 2.05) is 0 Å². The number of hydrogen-bond acceptors (Lipinski definition) is 5. The van der Waals surface area contributed by atoms with Crippen molar-refractivity contribution < 1.29 is 18.3 Å². The van der Waals surface area contributed by atoms with E-state index in [4.69, 9.17) is 0 Å². The Morgan fingerprint density at radius 3 is 2.89 bits per heavy atom. The second-order valence-corrected chi connectivity index (χ2v) is 8.79. The van der Waals surface area contributed by atoms with Gasteiger partial charge in [0.05, 0.1) is 11.5 Å². The van der Waals surface area contributed by atoms with Crippen LogP contribution >= 0.6 is 0 Å². The number of anilines is 1. The summed E-state index contributed by atoms with van der Waals surface area (Å²) in [4.78, 5) is 14.3. The molecule has 0 aromatic heterocycles. The van der Waals surface area contributed by atoms with Gasteiger partial charge in [-0.15, -0.1) is 0 Å². The van der Waals surface area contributed by atoms with Gasteiger partial charge in [-0.2, -0.15) is 0 Å². The number of carbonyl (C=O) groups is 1. The third kappa shape index (κ3) is 3.34. The maximum Gasteiger partial charge on any atom is 0.256 e. The molecule has 0 aliphatic carbocycles. The Labute approximate surface area is 158 Å². The minimum absolute atomic E-state index is 0.0999. The average molecular weight is 389 g/mol. The summed E-state index contributed by atoms with van der Waals surface area (Å²) in [6, 6.07) is 8.40. The molecular weight excluding hydrogens is 366 g/mol. The number of sulfonamides is 1. The van der Waals surface area contributed by atoms with Crippen molar-refractivity contribution in [1.82, 2.24) is 9.62 Å². The first kappa shape index (κ1) is 18.4. The number of likely N-dealkylation sites (tertiary alicyclic amines) is 1. The average Bonchev–Trinajstić information content (AvgIpc) is 3.00. The smallest absolute Gasteiger partial charge is 0.256 e. The zero-order valence-electron chi connectivity index (χ0n) is 14.9. The van der Waals surface area contributed by atoms with Gasteiger partial charge in [0.25, 0.3) is 5.91 Å². The Hall–Kier alpha value is -2.00. The van der Waals surface area contributed by atoms with Crippen LogP contribution in [0.4, 0.5) is 5.69 Å². The van der Waals surface area contributed by atoms with Crippen molar-refractivity contribution in [1.29, 1.82) is 0 Å². The van der Waals surface area contributed by atoms with E-state index in [9.17, 15) is 18.3 Å². The Bertz CT molecular complexity index is 990. The van der Waals surface area contributed by atoms with E-state index >= 15 is 0 Å². The molecule has 8 heteroatoms. The summed E-state index contributed by atoms with van der Waals surface area (Å²) < 4.78 is 28.4. The van der Waals surface area contributed by atoms with Crippen LogP contribution in [0, 0.1) is 0 Å². The number of aliphatic hydroxyl groups is 1. The Balaban J connectivity index is 1.55. The highest BCUT2D eigenvalue weighted by molar-refractivity contribution is 7.89. The van der Waals surface area contributed by atoms with E-state index < -0.39 is 10.0 Å². The van der Waals surface area contributed by atoms with E-state index in [0.29, 0.717) is 28.6 Å². The molecule has 0 unspecified atom stereocenters. The van der Waals surface area contributed by atoms with Gasteiger partial charge in [-0.05, 0) is 37.6 Å². The topological polar surface area (TPSA) is 98.7 Å². The molecule has 2 aromatic carbocycles. The molecule has 0 spiro atoms. The van der Waals surface area contributed by atoms with Crippen LogP contribution in [0.3, 0.4) is 0 Å². The lowest BCUT2D eigenvalue weighted by atomic mass is 10.0. The molecule has 1 saturated heterocycles. The van der Waals surface area contributed by atoms with Crippen LogP contribution in [0.5, 0.6) is 0 Å². The highest BCUT2D eigenvalue weighted by Gasteiger charge is 2.27. The van der Waals surface area contributed by atoms with Gasteiger partial charge in [-0.3, -0.25) is 9.69 Å². The highest BCUT2D eigenvalue weighted by Crippen LogP contribution is 2.36. The summed E-state index contributed by atoms with van der Waals surface area (Å²) in [5.74, 6) is -0.210. The summed E-state index contributed by atoms with van der Waals surface area (Å²) in [7, 11) is -3.71. The normalized spacial score (nSPS) is 20.2. The lowest BCUT2D eigenvalue weighted by Crippen LogP contribution is -2.45. The number of piperidine rings is 1. The number of nitrogens with one attached hydrogen (secondary N) is 2. The molecule has 2 aromatic rings. The number of nitrogens with zero attached hydrogens (tertiary/aromatic N) is 1. The van der Waals surface area contributed by atoms with E-state index in [1.165, 1.54) is 6.07 Å². The first-order chi connectivity index (χ1) is 13.0. The fraction of sp³-hybridized carbons (Fsp3) is 0.421. The number of hydrogen-bond donors (Lipinski definition) is 3. The molecule has 2 aliphatic heterocycles. The molecule has 1 fully saturated rings. The summed E-state index contributed by atoms with van der Waals surface area (Å²) >= 11 is 0. The molecule has 1 atom stereocenters. The van der Waals surface area contributed by atoms with Crippen molar-refractivity contribution in [2.45, 2.75) is 30.2 Å². The Morgan fingerprint density at radius 1 is 1.22 bits per heavy atom. The van der Waals surface area contributed by atoms with Crippen LogP contribution < -0.4 is 10.0 Å². The third-order valence-electron chi connectivity index (χ3n) is 5.43. The second-order valence-electron chi connectivity index (χ2n) is 7.06. The minimum Gasteiger partial charge on any atom is -0.395 e. The first-order valence-corrected chi connectivity index (χ1v) is 10.7. The zero-order chi connectivity index (χ0) is 19.0. The van der Waals surface area contributed by atoms with Gasteiger partial charge >= 0.3 is 0 Å². The van der Waals surface area contributed by atoms with Gasteiger partial charge in [0.15, 0.2) is 0 Å². The van der Waals surface area contributed by atoms with Crippen molar-refractivity contribution in [2.24, 2.45) is 0 Å². The minimum atomic E-state index is -3.71. The van der Waals surface area contributed by atoms with Crippen molar-refractivity contribution in [2.75, 3.05) is 31.6 Å². The van der Waals surface area contributed by atoms with E-state index in [0.717, 1.165) is 25.8 Å². The quantitative estimate of drug-likeness (QED) is 0.696. The van der Waals surface area contributed by atoms with Gasteiger partial charge in [-0.25, -0.2) is 13.1 Å². The molecule has 3 N–H and O–H groups in total. The molecule has 4 rings (SSSR count). The molecule has 144 valence electrons. The predicted octanol–water partition coefficient (Wildman–Crippen LogP) is 1.53.